The van der Waals surface area contributed by atoms with Crippen LogP contribution >= 0.6 is 11.3 Å². The molecule has 6 heteroatoms. The zero-order valence-corrected chi connectivity index (χ0v) is 13.2. The first-order chi connectivity index (χ1) is 10.0. The molecular weight excluding hydrogens is 286 g/mol. The molecule has 1 heterocycles. The molecule has 1 aromatic heterocycles. The summed E-state index contributed by atoms with van der Waals surface area (Å²) in [4.78, 5) is 18.4. The molecule has 0 bridgehead atoms. The van der Waals surface area contributed by atoms with E-state index in [4.69, 9.17) is 10.5 Å². The van der Waals surface area contributed by atoms with E-state index in [9.17, 15) is 4.79 Å². The largest absolute Gasteiger partial charge is 0.465 e. The molecule has 0 saturated heterocycles. The van der Waals surface area contributed by atoms with E-state index in [-0.39, 0.29) is 0 Å². The van der Waals surface area contributed by atoms with Crippen molar-refractivity contribution in [1.29, 1.82) is 0 Å². The number of thiazole rings is 1. The number of aromatic nitrogens is 1. The van der Waals surface area contributed by atoms with Gasteiger partial charge in [0.2, 0.25) is 0 Å². The molecule has 1 aromatic carbocycles. The average molecular weight is 305 g/mol. The molecule has 2 N–H and O–H groups in total. The smallest absolute Gasteiger partial charge is 0.340 e. The summed E-state index contributed by atoms with van der Waals surface area (Å²) in [5.74, 6) is -0.402. The quantitative estimate of drug-likeness (QED) is 0.679. The standard InChI is InChI=1S/C15H19N3O2S/c1-10-17-12(9-21-10)8-18(2)7-11-5-4-6-13(16)14(11)15(19)20-3/h4-6,9H,7-8,16H2,1-3H3. The van der Waals surface area contributed by atoms with E-state index in [1.165, 1.54) is 7.11 Å². The van der Waals surface area contributed by atoms with Gasteiger partial charge in [-0.3, -0.25) is 4.90 Å². The topological polar surface area (TPSA) is 68.5 Å². The van der Waals surface area contributed by atoms with Crippen molar-refractivity contribution in [2.24, 2.45) is 0 Å². The van der Waals surface area contributed by atoms with Gasteiger partial charge >= 0.3 is 5.97 Å². The number of rotatable bonds is 5. The fourth-order valence-electron chi connectivity index (χ4n) is 2.21. The van der Waals surface area contributed by atoms with E-state index in [0.717, 1.165) is 22.8 Å². The molecule has 0 fully saturated rings. The number of carbonyl (C=O) groups excluding carboxylic acids is 1. The Bertz CT molecular complexity index is 640. The Hall–Kier alpha value is -1.92. The van der Waals surface area contributed by atoms with E-state index in [1.54, 1.807) is 17.4 Å². The van der Waals surface area contributed by atoms with Crippen LogP contribution in [0.3, 0.4) is 0 Å². The fourth-order valence-corrected chi connectivity index (χ4v) is 2.81. The Morgan fingerprint density at radius 2 is 2.19 bits per heavy atom. The van der Waals surface area contributed by atoms with Gasteiger partial charge in [0, 0.05) is 24.2 Å². The molecule has 0 unspecified atom stereocenters. The number of anilines is 1. The summed E-state index contributed by atoms with van der Waals surface area (Å²) >= 11 is 1.63. The summed E-state index contributed by atoms with van der Waals surface area (Å²) in [5, 5.41) is 3.10. The van der Waals surface area contributed by atoms with Crippen LogP contribution in [0, 0.1) is 6.92 Å². The maximum absolute atomic E-state index is 11.9. The third kappa shape index (κ3) is 3.80. The van der Waals surface area contributed by atoms with Gasteiger partial charge in [-0.05, 0) is 25.6 Å². The molecule has 0 spiro atoms. The zero-order valence-electron chi connectivity index (χ0n) is 12.4. The second-order valence-corrected chi connectivity index (χ2v) is 5.97. The lowest BCUT2D eigenvalue weighted by Crippen LogP contribution is -2.20. The van der Waals surface area contributed by atoms with Crippen LogP contribution in [-0.4, -0.2) is 30.0 Å². The van der Waals surface area contributed by atoms with Crippen LogP contribution in [0.4, 0.5) is 5.69 Å². The van der Waals surface area contributed by atoms with E-state index in [1.807, 2.05) is 31.5 Å². The highest BCUT2D eigenvalue weighted by Crippen LogP contribution is 2.20. The number of hydrogen-bond acceptors (Lipinski definition) is 6. The third-order valence-corrected chi connectivity index (χ3v) is 3.93. The molecule has 0 saturated carbocycles. The van der Waals surface area contributed by atoms with Crippen molar-refractivity contribution in [1.82, 2.24) is 9.88 Å². The van der Waals surface area contributed by atoms with Crippen molar-refractivity contribution in [2.75, 3.05) is 19.9 Å². The van der Waals surface area contributed by atoms with Gasteiger partial charge in [-0.2, -0.15) is 0 Å². The SMILES string of the molecule is COC(=O)c1c(N)cccc1CN(C)Cc1csc(C)n1. The zero-order chi connectivity index (χ0) is 15.4. The highest BCUT2D eigenvalue weighted by Gasteiger charge is 2.16. The van der Waals surface area contributed by atoms with Crippen LogP contribution in [0.1, 0.15) is 26.6 Å². The Balaban J connectivity index is 2.15. The molecule has 0 aliphatic rings. The van der Waals surface area contributed by atoms with Crippen molar-refractivity contribution in [3.8, 4) is 0 Å². The monoisotopic (exact) mass is 305 g/mol. The second kappa shape index (κ2) is 6.69. The van der Waals surface area contributed by atoms with Crippen molar-refractivity contribution >= 4 is 23.0 Å². The van der Waals surface area contributed by atoms with Gasteiger partial charge in [0.05, 0.1) is 23.4 Å². The number of nitrogens with two attached hydrogens (primary N) is 1. The number of nitrogen functional groups attached to an aromatic ring is 1. The first kappa shape index (κ1) is 15.5. The number of esters is 1. The van der Waals surface area contributed by atoms with Gasteiger partial charge in [-0.15, -0.1) is 11.3 Å². The van der Waals surface area contributed by atoms with Gasteiger partial charge in [0.1, 0.15) is 0 Å². The van der Waals surface area contributed by atoms with Crippen LogP contribution in [0.15, 0.2) is 23.6 Å². The molecule has 112 valence electrons. The van der Waals surface area contributed by atoms with Gasteiger partial charge in [0.25, 0.3) is 0 Å². The summed E-state index contributed by atoms with van der Waals surface area (Å²) < 4.78 is 4.81. The minimum absolute atomic E-state index is 0.402. The molecule has 0 atom stereocenters. The minimum Gasteiger partial charge on any atom is -0.465 e. The van der Waals surface area contributed by atoms with Gasteiger partial charge < -0.3 is 10.5 Å². The average Bonchev–Trinajstić information content (AvgIpc) is 2.83. The molecule has 0 aliphatic carbocycles. The molecule has 21 heavy (non-hydrogen) atoms. The number of nitrogens with zero attached hydrogens (tertiary/aromatic N) is 2. The van der Waals surface area contributed by atoms with Gasteiger partial charge in [-0.25, -0.2) is 9.78 Å². The lowest BCUT2D eigenvalue weighted by molar-refractivity contribution is 0.0599. The number of aryl methyl sites for hydroxylation is 1. The molecular formula is C15H19N3O2S. The fraction of sp³-hybridized carbons (Fsp3) is 0.333. The number of benzene rings is 1. The van der Waals surface area contributed by atoms with E-state index >= 15 is 0 Å². The number of carbonyl (C=O) groups is 1. The Morgan fingerprint density at radius 3 is 2.81 bits per heavy atom. The first-order valence-electron chi connectivity index (χ1n) is 6.56. The van der Waals surface area contributed by atoms with Gasteiger partial charge in [-0.1, -0.05) is 12.1 Å². The maximum atomic E-state index is 11.9. The molecule has 0 radical (unpaired) electrons. The number of ether oxygens (including phenoxy) is 1. The van der Waals surface area contributed by atoms with Crippen molar-refractivity contribution in [3.05, 3.63) is 45.4 Å². The highest BCUT2D eigenvalue weighted by molar-refractivity contribution is 7.09. The van der Waals surface area contributed by atoms with E-state index in [2.05, 4.69) is 9.88 Å². The predicted molar refractivity (Wildman–Crippen MR) is 84.2 cm³/mol. The van der Waals surface area contributed by atoms with Crippen molar-refractivity contribution in [3.63, 3.8) is 0 Å². The van der Waals surface area contributed by atoms with E-state index in [0.29, 0.717) is 17.8 Å². The Kier molecular flexibility index (Phi) is 4.93. The molecule has 0 amide bonds. The van der Waals surface area contributed by atoms with Gasteiger partial charge in [0.15, 0.2) is 0 Å². The minimum atomic E-state index is -0.402. The number of methoxy groups -OCH3 is 1. The van der Waals surface area contributed by atoms with Crippen LogP contribution in [0.25, 0.3) is 0 Å². The maximum Gasteiger partial charge on any atom is 0.340 e. The van der Waals surface area contributed by atoms with Crippen molar-refractivity contribution < 1.29 is 9.53 Å². The predicted octanol–water partition coefficient (Wildman–Crippen LogP) is 2.45. The van der Waals surface area contributed by atoms with Crippen LogP contribution in [0.2, 0.25) is 0 Å². The molecule has 2 aromatic rings. The van der Waals surface area contributed by atoms with Crippen molar-refractivity contribution in [2.45, 2.75) is 20.0 Å². The summed E-state index contributed by atoms with van der Waals surface area (Å²) in [7, 11) is 3.35. The summed E-state index contributed by atoms with van der Waals surface area (Å²) in [6, 6.07) is 5.45. The Labute approximate surface area is 128 Å². The van der Waals surface area contributed by atoms with Crippen LogP contribution < -0.4 is 5.73 Å². The highest BCUT2D eigenvalue weighted by atomic mass is 32.1. The summed E-state index contributed by atoms with van der Waals surface area (Å²) in [6.45, 7) is 3.31. The molecule has 5 nitrogen and oxygen atoms in total. The normalized spacial score (nSPS) is 10.9. The Morgan fingerprint density at radius 1 is 1.43 bits per heavy atom. The summed E-state index contributed by atoms with van der Waals surface area (Å²) in [6.07, 6.45) is 0. The summed E-state index contributed by atoms with van der Waals surface area (Å²) in [5.41, 5.74) is 8.68. The lowest BCUT2D eigenvalue weighted by Gasteiger charge is -2.18. The van der Waals surface area contributed by atoms with E-state index < -0.39 is 5.97 Å². The third-order valence-electron chi connectivity index (χ3n) is 3.11. The van der Waals surface area contributed by atoms with Crippen LogP contribution in [-0.2, 0) is 17.8 Å². The second-order valence-electron chi connectivity index (χ2n) is 4.90. The lowest BCUT2D eigenvalue weighted by atomic mass is 10.0. The number of hydrogen-bond donors (Lipinski definition) is 1. The van der Waals surface area contributed by atoms with Crippen LogP contribution in [0.5, 0.6) is 0 Å². The molecule has 2 rings (SSSR count). The molecule has 0 aliphatic heterocycles. The first-order valence-corrected chi connectivity index (χ1v) is 7.44.